The van der Waals surface area contributed by atoms with Crippen molar-refractivity contribution in [3.63, 3.8) is 0 Å². The molecule has 0 radical (unpaired) electrons. The molecule has 31 heavy (non-hydrogen) atoms. The second-order valence-electron chi connectivity index (χ2n) is 9.48. The number of allylic oxidation sites excluding steroid dienone is 1. The van der Waals surface area contributed by atoms with E-state index in [0.29, 0.717) is 10.4 Å². The van der Waals surface area contributed by atoms with Crippen molar-refractivity contribution in [1.82, 2.24) is 19.3 Å². The molecule has 0 bridgehead atoms. The summed E-state index contributed by atoms with van der Waals surface area (Å²) in [5, 5.41) is 1.03. The average Bonchev–Trinajstić information content (AvgIpc) is 3.14. The molecule has 5 nitrogen and oxygen atoms in total. The number of hydrogen-bond acceptors (Lipinski definition) is 4. The Labute approximate surface area is 190 Å². The lowest BCUT2D eigenvalue weighted by molar-refractivity contribution is 0.244. The van der Waals surface area contributed by atoms with Crippen LogP contribution in [0.25, 0.3) is 16.5 Å². The van der Waals surface area contributed by atoms with Crippen molar-refractivity contribution in [1.29, 1.82) is 0 Å². The molecule has 0 spiro atoms. The summed E-state index contributed by atoms with van der Waals surface area (Å²) in [7, 11) is 1.27. The first-order chi connectivity index (χ1) is 15.2. The summed E-state index contributed by atoms with van der Waals surface area (Å²) in [6.45, 7) is 5.23. The van der Waals surface area contributed by atoms with Gasteiger partial charge in [0.05, 0.1) is 15.9 Å². The van der Waals surface area contributed by atoms with Gasteiger partial charge in [-0.1, -0.05) is 68.4 Å². The highest BCUT2D eigenvalue weighted by Gasteiger charge is 2.24. The predicted octanol–water partition coefficient (Wildman–Crippen LogP) is 4.30. The van der Waals surface area contributed by atoms with E-state index in [9.17, 15) is 4.79 Å². The van der Waals surface area contributed by atoms with E-state index >= 15 is 0 Å². The standard InChI is InChI=1S/C24H32BClN4O/c26-20-9-6-10-21-22(20)24(31)27-23-18(11-12-30(21)23)17-28-13-15-29(16-14-28)25-19-7-4-2-1-3-5-8-19/h6,9-10,17,19,25H,1-5,7-8,11-16H2/b18-17+. The van der Waals surface area contributed by atoms with Crippen molar-refractivity contribution < 1.29 is 0 Å². The van der Waals surface area contributed by atoms with Gasteiger partial charge in [0.1, 0.15) is 5.82 Å². The van der Waals surface area contributed by atoms with Gasteiger partial charge in [-0.15, -0.1) is 0 Å². The van der Waals surface area contributed by atoms with E-state index in [1.165, 1.54) is 57.9 Å². The Hall–Kier alpha value is -1.79. The van der Waals surface area contributed by atoms with Crippen molar-refractivity contribution in [2.75, 3.05) is 26.2 Å². The summed E-state index contributed by atoms with van der Waals surface area (Å²) < 4.78 is 2.15. The molecule has 1 aromatic carbocycles. The van der Waals surface area contributed by atoms with Gasteiger partial charge >= 0.3 is 0 Å². The second kappa shape index (κ2) is 9.37. The Morgan fingerprint density at radius 2 is 1.74 bits per heavy atom. The summed E-state index contributed by atoms with van der Waals surface area (Å²) in [5.41, 5.74) is 1.85. The van der Waals surface area contributed by atoms with Gasteiger partial charge in [0, 0.05) is 44.5 Å². The highest BCUT2D eigenvalue weighted by Crippen LogP contribution is 2.31. The molecule has 2 fully saturated rings. The number of nitrogens with zero attached hydrogens (tertiary/aromatic N) is 4. The van der Waals surface area contributed by atoms with Crippen LogP contribution in [0.15, 0.2) is 29.2 Å². The zero-order valence-electron chi connectivity index (χ0n) is 18.4. The molecule has 1 aromatic heterocycles. The fourth-order valence-corrected chi connectivity index (χ4v) is 5.85. The first-order valence-corrected chi connectivity index (χ1v) is 12.4. The molecule has 5 rings (SSSR count). The van der Waals surface area contributed by atoms with Crippen molar-refractivity contribution in [2.24, 2.45) is 0 Å². The minimum absolute atomic E-state index is 0.219. The Balaban J connectivity index is 1.25. The molecule has 1 saturated carbocycles. The molecular weight excluding hydrogens is 407 g/mol. The molecule has 2 aromatic rings. The SMILES string of the molecule is O=c1nc2n(c3cccc(Cl)c13)CC/C2=C\N1CCN(BC2CCCCCCC2)CC1. The summed E-state index contributed by atoms with van der Waals surface area (Å²) in [6, 6.07) is 5.65. The van der Waals surface area contributed by atoms with Gasteiger partial charge in [-0.05, 0) is 18.6 Å². The number of benzene rings is 1. The third kappa shape index (κ3) is 4.56. The highest BCUT2D eigenvalue weighted by atomic mass is 35.5. The molecule has 0 N–H and O–H groups in total. The van der Waals surface area contributed by atoms with Crippen molar-refractivity contribution in [3.8, 4) is 0 Å². The van der Waals surface area contributed by atoms with E-state index in [1.54, 1.807) is 6.07 Å². The number of fused-ring (bicyclic) bond motifs is 3. The monoisotopic (exact) mass is 438 g/mol. The zero-order valence-corrected chi connectivity index (χ0v) is 19.1. The van der Waals surface area contributed by atoms with Gasteiger partial charge in [-0.2, -0.15) is 4.98 Å². The molecule has 3 aliphatic rings. The molecular formula is C24H32BClN4O. The van der Waals surface area contributed by atoms with Crippen molar-refractivity contribution in [3.05, 3.63) is 45.6 Å². The summed E-state index contributed by atoms with van der Waals surface area (Å²) in [4.78, 5) is 22.1. The fourth-order valence-electron chi connectivity index (χ4n) is 5.60. The number of rotatable bonds is 3. The Kier molecular flexibility index (Phi) is 6.37. The van der Waals surface area contributed by atoms with E-state index in [4.69, 9.17) is 11.6 Å². The minimum Gasteiger partial charge on any atom is -0.375 e. The van der Waals surface area contributed by atoms with Crippen molar-refractivity contribution in [2.45, 2.75) is 63.7 Å². The Morgan fingerprint density at radius 1 is 1.00 bits per heavy atom. The van der Waals surface area contributed by atoms with Crippen LogP contribution in [-0.4, -0.2) is 52.9 Å². The maximum absolute atomic E-state index is 12.6. The van der Waals surface area contributed by atoms with Crippen LogP contribution in [0.4, 0.5) is 0 Å². The lowest BCUT2D eigenvalue weighted by atomic mass is 9.67. The fraction of sp³-hybridized carbons (Fsp3) is 0.583. The largest absolute Gasteiger partial charge is 0.375 e. The number of piperazine rings is 1. The van der Waals surface area contributed by atoms with Crippen LogP contribution in [0.1, 0.15) is 57.2 Å². The third-order valence-corrected chi connectivity index (χ3v) is 7.65. The lowest BCUT2D eigenvalue weighted by Crippen LogP contribution is -2.46. The molecule has 0 atom stereocenters. The number of hydrogen-bond donors (Lipinski definition) is 0. The van der Waals surface area contributed by atoms with E-state index in [0.717, 1.165) is 56.3 Å². The molecule has 1 aliphatic carbocycles. The Morgan fingerprint density at radius 3 is 2.52 bits per heavy atom. The number of halogens is 1. The summed E-state index contributed by atoms with van der Waals surface area (Å²) in [5.74, 6) is 1.71. The van der Waals surface area contributed by atoms with Gasteiger partial charge in [0.2, 0.25) is 7.41 Å². The number of aryl methyl sites for hydroxylation is 1. The average molecular weight is 439 g/mol. The molecule has 164 valence electrons. The highest BCUT2D eigenvalue weighted by molar-refractivity contribution is 6.35. The van der Waals surface area contributed by atoms with Crippen LogP contribution < -0.4 is 5.56 Å². The lowest BCUT2D eigenvalue weighted by Gasteiger charge is -2.36. The summed E-state index contributed by atoms with van der Waals surface area (Å²) in [6.07, 6.45) is 13.1. The van der Waals surface area contributed by atoms with Gasteiger partial charge in [-0.25, -0.2) is 0 Å². The maximum atomic E-state index is 12.6. The minimum atomic E-state index is -0.219. The molecule has 0 unspecified atom stereocenters. The van der Waals surface area contributed by atoms with E-state index in [1.807, 2.05) is 12.1 Å². The van der Waals surface area contributed by atoms with Gasteiger partial charge in [0.15, 0.2) is 0 Å². The predicted molar refractivity (Wildman–Crippen MR) is 130 cm³/mol. The van der Waals surface area contributed by atoms with E-state index in [-0.39, 0.29) is 5.56 Å². The molecule has 7 heteroatoms. The van der Waals surface area contributed by atoms with Crippen LogP contribution in [0.2, 0.25) is 10.8 Å². The quantitative estimate of drug-likeness (QED) is 0.670. The van der Waals surface area contributed by atoms with Gasteiger partial charge < -0.3 is 14.3 Å². The van der Waals surface area contributed by atoms with Crippen molar-refractivity contribution >= 4 is 35.5 Å². The van der Waals surface area contributed by atoms with Crippen LogP contribution in [0.5, 0.6) is 0 Å². The van der Waals surface area contributed by atoms with E-state index in [2.05, 4.69) is 25.5 Å². The topological polar surface area (TPSA) is 41.4 Å². The third-order valence-electron chi connectivity index (χ3n) is 7.34. The summed E-state index contributed by atoms with van der Waals surface area (Å²) >= 11 is 6.28. The van der Waals surface area contributed by atoms with Crippen LogP contribution >= 0.6 is 11.6 Å². The molecule has 0 amide bonds. The zero-order chi connectivity index (χ0) is 21.2. The smallest absolute Gasteiger partial charge is 0.282 e. The Bertz CT molecular complexity index is 1020. The van der Waals surface area contributed by atoms with Crippen LogP contribution in [0, 0.1) is 0 Å². The second-order valence-corrected chi connectivity index (χ2v) is 9.89. The van der Waals surface area contributed by atoms with Gasteiger partial charge in [-0.3, -0.25) is 4.79 Å². The van der Waals surface area contributed by atoms with Crippen LogP contribution in [0.3, 0.4) is 0 Å². The maximum Gasteiger partial charge on any atom is 0.282 e. The first-order valence-electron chi connectivity index (χ1n) is 12.1. The normalized spacial score (nSPS) is 22.5. The first kappa shape index (κ1) is 21.1. The molecule has 3 heterocycles. The molecule has 1 saturated heterocycles. The van der Waals surface area contributed by atoms with E-state index < -0.39 is 0 Å². The molecule has 2 aliphatic heterocycles. The number of aromatic nitrogens is 2. The van der Waals surface area contributed by atoms with Gasteiger partial charge in [0.25, 0.3) is 5.56 Å². The van der Waals surface area contributed by atoms with Crippen LogP contribution in [-0.2, 0) is 6.54 Å².